The standard InChI is InChI=1S/C42H27N3S3/c1-2-12-28(13-3-1)43-35-24-22-29(44-31-14-4-8-18-37(31)46-38-19-9-5-15-32(38)44)26-41(35)48-42-27-30(23-25-36(42)43)45-33-16-6-10-20-39(33)47-40-21-11-7-17-34(40)45/h1-27H. The van der Waals surface area contributed by atoms with Gasteiger partial charge < -0.3 is 14.7 Å². The first kappa shape index (κ1) is 28.0. The highest BCUT2D eigenvalue weighted by Crippen LogP contribution is 2.57. The summed E-state index contributed by atoms with van der Waals surface area (Å²) in [5.74, 6) is 0. The molecule has 0 radical (unpaired) electrons. The maximum Gasteiger partial charge on any atom is 0.0603 e. The molecule has 0 bridgehead atoms. The van der Waals surface area contributed by atoms with Crippen molar-refractivity contribution in [1.82, 2.24) is 0 Å². The van der Waals surface area contributed by atoms with Crippen molar-refractivity contribution < 1.29 is 0 Å². The van der Waals surface area contributed by atoms with Crippen LogP contribution in [0.3, 0.4) is 0 Å². The smallest absolute Gasteiger partial charge is 0.0603 e. The normalized spacial score (nSPS) is 13.9. The van der Waals surface area contributed by atoms with Crippen LogP contribution in [0.2, 0.25) is 0 Å². The van der Waals surface area contributed by atoms with E-state index in [1.165, 1.54) is 63.5 Å². The third-order valence-electron chi connectivity index (χ3n) is 8.98. The van der Waals surface area contributed by atoms with E-state index < -0.39 is 0 Å². The number of hydrogen-bond donors (Lipinski definition) is 0. The Kier molecular flexibility index (Phi) is 6.61. The van der Waals surface area contributed by atoms with Crippen LogP contribution in [-0.2, 0) is 0 Å². The van der Waals surface area contributed by atoms with Gasteiger partial charge in [-0.3, -0.25) is 0 Å². The van der Waals surface area contributed by atoms with E-state index in [0.29, 0.717) is 0 Å². The molecule has 0 unspecified atom stereocenters. The van der Waals surface area contributed by atoms with Crippen molar-refractivity contribution in [2.75, 3.05) is 14.7 Å². The van der Waals surface area contributed by atoms with Gasteiger partial charge in [0.15, 0.2) is 0 Å². The van der Waals surface area contributed by atoms with E-state index in [1.54, 1.807) is 0 Å². The Balaban J connectivity index is 1.13. The highest BCUT2D eigenvalue weighted by Gasteiger charge is 2.31. The van der Waals surface area contributed by atoms with Crippen LogP contribution in [0.15, 0.2) is 193 Å². The van der Waals surface area contributed by atoms with Crippen LogP contribution < -0.4 is 14.7 Å². The maximum absolute atomic E-state index is 2.42. The van der Waals surface area contributed by atoms with Gasteiger partial charge in [0.2, 0.25) is 0 Å². The molecule has 0 fully saturated rings. The predicted molar refractivity (Wildman–Crippen MR) is 203 cm³/mol. The number of para-hydroxylation sites is 5. The van der Waals surface area contributed by atoms with E-state index in [9.17, 15) is 0 Å². The molecule has 0 saturated heterocycles. The van der Waals surface area contributed by atoms with Crippen molar-refractivity contribution in [1.29, 1.82) is 0 Å². The Bertz CT molecular complexity index is 2140. The van der Waals surface area contributed by atoms with Crippen LogP contribution in [0.5, 0.6) is 0 Å². The Morgan fingerprint density at radius 2 is 0.562 bits per heavy atom. The van der Waals surface area contributed by atoms with Crippen LogP contribution in [0.1, 0.15) is 0 Å². The van der Waals surface area contributed by atoms with Gasteiger partial charge in [-0.2, -0.15) is 0 Å². The molecule has 7 aromatic carbocycles. The van der Waals surface area contributed by atoms with Crippen LogP contribution in [0, 0.1) is 0 Å². The lowest BCUT2D eigenvalue weighted by Crippen LogP contribution is -2.18. The van der Waals surface area contributed by atoms with E-state index in [1.807, 2.05) is 35.3 Å². The summed E-state index contributed by atoms with van der Waals surface area (Å²) in [6.07, 6.45) is 0. The van der Waals surface area contributed by atoms with E-state index >= 15 is 0 Å². The average molecular weight is 670 g/mol. The minimum Gasteiger partial charge on any atom is -0.308 e. The van der Waals surface area contributed by atoms with E-state index in [-0.39, 0.29) is 0 Å². The van der Waals surface area contributed by atoms with Crippen LogP contribution in [0.25, 0.3) is 0 Å². The molecule has 228 valence electrons. The molecule has 3 aliphatic heterocycles. The van der Waals surface area contributed by atoms with Gasteiger partial charge in [0.1, 0.15) is 0 Å². The lowest BCUT2D eigenvalue weighted by Gasteiger charge is -2.37. The number of hydrogen-bond acceptors (Lipinski definition) is 6. The molecule has 6 heteroatoms. The molecule has 0 spiro atoms. The van der Waals surface area contributed by atoms with Crippen LogP contribution in [0.4, 0.5) is 51.2 Å². The number of nitrogens with zero attached hydrogens (tertiary/aromatic N) is 3. The second-order valence-corrected chi connectivity index (χ2v) is 15.1. The highest BCUT2D eigenvalue weighted by molar-refractivity contribution is 8.00. The lowest BCUT2D eigenvalue weighted by molar-refractivity contribution is 1.12. The number of anilines is 9. The quantitative estimate of drug-likeness (QED) is 0.184. The van der Waals surface area contributed by atoms with Gasteiger partial charge in [-0.05, 0) is 97.1 Å². The van der Waals surface area contributed by atoms with Gasteiger partial charge in [-0.15, -0.1) is 0 Å². The topological polar surface area (TPSA) is 9.72 Å². The molecule has 48 heavy (non-hydrogen) atoms. The van der Waals surface area contributed by atoms with E-state index in [4.69, 9.17) is 0 Å². The summed E-state index contributed by atoms with van der Waals surface area (Å²) < 4.78 is 0. The molecule has 7 aromatic rings. The molecular weight excluding hydrogens is 643 g/mol. The number of rotatable bonds is 3. The fraction of sp³-hybridized carbons (Fsp3) is 0. The molecule has 0 aromatic heterocycles. The van der Waals surface area contributed by atoms with Crippen molar-refractivity contribution in [3.8, 4) is 0 Å². The van der Waals surface area contributed by atoms with Gasteiger partial charge in [0, 0.05) is 46.4 Å². The zero-order valence-electron chi connectivity index (χ0n) is 25.7. The highest BCUT2D eigenvalue weighted by atomic mass is 32.2. The summed E-state index contributed by atoms with van der Waals surface area (Å²) >= 11 is 5.54. The van der Waals surface area contributed by atoms with Crippen LogP contribution in [-0.4, -0.2) is 0 Å². The van der Waals surface area contributed by atoms with Gasteiger partial charge in [-0.25, -0.2) is 0 Å². The summed E-state index contributed by atoms with van der Waals surface area (Å²) in [5, 5.41) is 0. The second kappa shape index (κ2) is 11.3. The summed E-state index contributed by atoms with van der Waals surface area (Å²) in [5.41, 5.74) is 10.7. The lowest BCUT2D eigenvalue weighted by atomic mass is 10.1. The van der Waals surface area contributed by atoms with Crippen molar-refractivity contribution in [3.63, 3.8) is 0 Å². The summed E-state index contributed by atoms with van der Waals surface area (Å²) in [6, 6.07) is 59.5. The first-order valence-corrected chi connectivity index (χ1v) is 18.4. The molecule has 3 nitrogen and oxygen atoms in total. The minimum absolute atomic E-state index is 1.15. The van der Waals surface area contributed by atoms with Crippen LogP contribution >= 0.6 is 35.3 Å². The Morgan fingerprint density at radius 1 is 0.250 bits per heavy atom. The van der Waals surface area contributed by atoms with Gasteiger partial charge in [0.05, 0.1) is 34.1 Å². The molecule has 3 aliphatic rings. The number of fused-ring (bicyclic) bond motifs is 6. The monoisotopic (exact) mass is 669 g/mol. The van der Waals surface area contributed by atoms with Gasteiger partial charge in [-0.1, -0.05) is 102 Å². The second-order valence-electron chi connectivity index (χ2n) is 11.8. The molecule has 3 heterocycles. The first-order valence-electron chi connectivity index (χ1n) is 15.9. The molecule has 0 N–H and O–H groups in total. The van der Waals surface area contributed by atoms with E-state index in [2.05, 4.69) is 178 Å². The summed E-state index contributed by atoms with van der Waals surface area (Å²) in [7, 11) is 0. The van der Waals surface area contributed by atoms with E-state index in [0.717, 1.165) is 17.1 Å². The fourth-order valence-electron chi connectivity index (χ4n) is 6.89. The fourth-order valence-corrected chi connectivity index (χ4v) is 10.1. The van der Waals surface area contributed by atoms with Gasteiger partial charge >= 0.3 is 0 Å². The van der Waals surface area contributed by atoms with Gasteiger partial charge in [0.25, 0.3) is 0 Å². The average Bonchev–Trinajstić information content (AvgIpc) is 3.15. The predicted octanol–water partition coefficient (Wildman–Crippen LogP) is 13.5. The minimum atomic E-state index is 1.15. The Labute approximate surface area is 292 Å². The summed E-state index contributed by atoms with van der Waals surface area (Å²) in [6.45, 7) is 0. The largest absolute Gasteiger partial charge is 0.308 e. The molecular formula is C42H27N3S3. The Morgan fingerprint density at radius 3 is 0.979 bits per heavy atom. The van der Waals surface area contributed by atoms with Crippen molar-refractivity contribution in [2.24, 2.45) is 0 Å². The SMILES string of the molecule is c1ccc(N2c3ccc(N4c5ccccc5Sc5ccccc54)cc3Sc3cc(N4c5ccccc5Sc5ccccc54)ccc32)cc1. The summed E-state index contributed by atoms with van der Waals surface area (Å²) in [4.78, 5) is 14.8. The maximum atomic E-state index is 2.42. The molecule has 0 amide bonds. The zero-order chi connectivity index (χ0) is 31.6. The zero-order valence-corrected chi connectivity index (χ0v) is 28.1. The Hall–Kier alpha value is -5.01. The van der Waals surface area contributed by atoms with Crippen molar-refractivity contribution in [3.05, 3.63) is 164 Å². The third kappa shape index (κ3) is 4.48. The molecule has 0 aliphatic carbocycles. The molecule has 10 rings (SSSR count). The molecule has 0 saturated carbocycles. The molecule has 0 atom stereocenters. The van der Waals surface area contributed by atoms with Crippen molar-refractivity contribution >= 4 is 86.5 Å². The number of benzene rings is 7. The third-order valence-corrected chi connectivity index (χ3v) is 12.3. The first-order chi connectivity index (χ1) is 23.8. The van der Waals surface area contributed by atoms with Crippen molar-refractivity contribution in [2.45, 2.75) is 29.4 Å².